The van der Waals surface area contributed by atoms with Gasteiger partial charge in [-0.3, -0.25) is 9.10 Å². The van der Waals surface area contributed by atoms with Crippen molar-refractivity contribution in [2.75, 3.05) is 19.8 Å². The number of benzene rings is 1. The van der Waals surface area contributed by atoms with Gasteiger partial charge in [0.1, 0.15) is 0 Å². The van der Waals surface area contributed by atoms with Gasteiger partial charge in [-0.25, -0.2) is 15.1 Å². The Morgan fingerprint density at radius 2 is 2.09 bits per heavy atom. The van der Waals surface area contributed by atoms with Crippen LogP contribution in [0.1, 0.15) is 50.6 Å². The highest BCUT2D eigenvalue weighted by atomic mass is 35.5. The van der Waals surface area contributed by atoms with Crippen molar-refractivity contribution < 1.29 is 32.3 Å². The molecule has 2 heterocycles. The second-order valence-electron chi connectivity index (χ2n) is 7.68. The van der Waals surface area contributed by atoms with Crippen LogP contribution >= 0.6 is 23.2 Å². The molecule has 0 saturated carbocycles. The fraction of sp³-hybridized carbons (Fsp3) is 0.524. The van der Waals surface area contributed by atoms with Crippen molar-refractivity contribution >= 4 is 45.3 Å². The van der Waals surface area contributed by atoms with Gasteiger partial charge >= 0.3 is 16.2 Å². The molecule has 0 bridgehead atoms. The SMILES string of the molecule is CCOC(=O)C1=CN(CCCC(=O)NOC2CCCCO2)S(=O)(=O)NC1c1ccc(Cl)cc1Cl. The predicted octanol–water partition coefficient (Wildman–Crippen LogP) is 2.99. The summed E-state index contributed by atoms with van der Waals surface area (Å²) in [5, 5.41) is 0.565. The van der Waals surface area contributed by atoms with E-state index in [1.165, 1.54) is 12.3 Å². The molecule has 1 aromatic rings. The average Bonchev–Trinajstić information content (AvgIpc) is 2.79. The van der Waals surface area contributed by atoms with Crippen LogP contribution < -0.4 is 10.2 Å². The molecule has 13 heteroatoms. The minimum absolute atomic E-state index is 0.00770. The third kappa shape index (κ3) is 7.06. The van der Waals surface area contributed by atoms with Gasteiger partial charge in [-0.05, 0) is 43.9 Å². The largest absolute Gasteiger partial charge is 0.463 e. The van der Waals surface area contributed by atoms with Crippen LogP contribution in [0, 0.1) is 0 Å². The maximum atomic E-state index is 12.9. The maximum Gasteiger partial charge on any atom is 0.337 e. The minimum Gasteiger partial charge on any atom is -0.463 e. The lowest BCUT2D eigenvalue weighted by Crippen LogP contribution is -2.46. The fourth-order valence-corrected chi connectivity index (χ4v) is 5.32. The molecule has 34 heavy (non-hydrogen) atoms. The number of hydroxylamine groups is 1. The van der Waals surface area contributed by atoms with E-state index in [-0.39, 0.29) is 36.6 Å². The average molecular weight is 536 g/mol. The van der Waals surface area contributed by atoms with E-state index in [9.17, 15) is 18.0 Å². The molecule has 0 radical (unpaired) electrons. The second-order valence-corrected chi connectivity index (χ2v) is 10.2. The summed E-state index contributed by atoms with van der Waals surface area (Å²) in [4.78, 5) is 29.9. The Hall–Kier alpha value is -1.89. The zero-order chi connectivity index (χ0) is 24.7. The molecule has 1 fully saturated rings. The smallest absolute Gasteiger partial charge is 0.337 e. The zero-order valence-corrected chi connectivity index (χ0v) is 20.9. The van der Waals surface area contributed by atoms with Crippen LogP contribution in [0.2, 0.25) is 10.0 Å². The normalized spacial score (nSPS) is 22.1. The van der Waals surface area contributed by atoms with Crippen molar-refractivity contribution in [3.63, 3.8) is 0 Å². The highest BCUT2D eigenvalue weighted by Crippen LogP contribution is 2.34. The third-order valence-corrected chi connectivity index (χ3v) is 7.18. The van der Waals surface area contributed by atoms with Crippen LogP contribution in [0.25, 0.3) is 0 Å². The highest BCUT2D eigenvalue weighted by Gasteiger charge is 2.37. The molecule has 10 nitrogen and oxygen atoms in total. The van der Waals surface area contributed by atoms with Crippen LogP contribution in [0.5, 0.6) is 0 Å². The minimum atomic E-state index is -4.03. The van der Waals surface area contributed by atoms with Crippen molar-refractivity contribution in [1.29, 1.82) is 0 Å². The zero-order valence-electron chi connectivity index (χ0n) is 18.6. The summed E-state index contributed by atoms with van der Waals surface area (Å²) >= 11 is 12.2. The van der Waals surface area contributed by atoms with Gasteiger partial charge in [0.25, 0.3) is 0 Å². The van der Waals surface area contributed by atoms with Gasteiger partial charge in [0.2, 0.25) is 5.91 Å². The van der Waals surface area contributed by atoms with Gasteiger partial charge < -0.3 is 9.47 Å². The van der Waals surface area contributed by atoms with E-state index in [0.717, 1.165) is 17.1 Å². The third-order valence-electron chi connectivity index (χ3n) is 5.18. The first kappa shape index (κ1) is 26.7. The first-order valence-corrected chi connectivity index (χ1v) is 13.1. The molecule has 0 aliphatic carbocycles. The Morgan fingerprint density at radius 1 is 1.29 bits per heavy atom. The van der Waals surface area contributed by atoms with Crippen molar-refractivity contribution in [3.05, 3.63) is 45.6 Å². The van der Waals surface area contributed by atoms with Gasteiger partial charge in [0, 0.05) is 42.2 Å². The summed E-state index contributed by atoms with van der Waals surface area (Å²) < 4.78 is 39.7. The van der Waals surface area contributed by atoms with E-state index in [1.54, 1.807) is 19.1 Å². The van der Waals surface area contributed by atoms with Crippen LogP contribution in [0.3, 0.4) is 0 Å². The van der Waals surface area contributed by atoms with Crippen molar-refractivity contribution in [2.45, 2.75) is 51.4 Å². The van der Waals surface area contributed by atoms with Gasteiger partial charge in [-0.2, -0.15) is 13.1 Å². The van der Waals surface area contributed by atoms with Gasteiger partial charge in [0.05, 0.1) is 18.2 Å². The number of rotatable bonds is 9. The predicted molar refractivity (Wildman–Crippen MR) is 125 cm³/mol. The summed E-state index contributed by atoms with van der Waals surface area (Å²) in [5.41, 5.74) is 2.75. The number of amides is 1. The monoisotopic (exact) mass is 535 g/mol. The van der Waals surface area contributed by atoms with Gasteiger partial charge in [-0.15, -0.1) is 0 Å². The molecular formula is C21H27Cl2N3O7S. The number of ether oxygens (including phenoxy) is 2. The molecule has 2 atom stereocenters. The quantitative estimate of drug-likeness (QED) is 0.368. The van der Waals surface area contributed by atoms with E-state index in [1.807, 2.05) is 0 Å². The molecule has 2 aliphatic heterocycles. The Bertz CT molecular complexity index is 1030. The molecule has 2 aliphatic rings. The number of carbonyl (C=O) groups excluding carboxylic acids is 2. The van der Waals surface area contributed by atoms with Gasteiger partial charge in [-0.1, -0.05) is 29.3 Å². The van der Waals surface area contributed by atoms with Crippen molar-refractivity contribution in [3.8, 4) is 0 Å². The topological polar surface area (TPSA) is 123 Å². The standard InChI is InChI=1S/C21H27Cl2N3O7S/c1-2-31-21(28)16-13-26(10-5-6-18(27)24-33-19-7-3-4-11-32-19)34(29,30)25-20(16)15-9-8-14(22)12-17(15)23/h8-9,12-13,19-20,25H,2-7,10-11H2,1H3,(H,24,27). The first-order valence-electron chi connectivity index (χ1n) is 10.9. The Kier molecular flexibility index (Phi) is 9.57. The number of esters is 1. The van der Waals surface area contributed by atoms with Crippen molar-refractivity contribution in [1.82, 2.24) is 14.5 Å². The summed E-state index contributed by atoms with van der Waals surface area (Å²) in [6, 6.07) is 3.49. The molecule has 2 N–H and O–H groups in total. The summed E-state index contributed by atoms with van der Waals surface area (Å²) in [6.07, 6.45) is 3.53. The van der Waals surface area contributed by atoms with E-state index < -0.39 is 34.4 Å². The number of carbonyl (C=O) groups is 2. The number of hydrogen-bond donors (Lipinski definition) is 2. The molecule has 1 amide bonds. The molecule has 1 aromatic carbocycles. The number of nitrogens with one attached hydrogen (secondary N) is 2. The Morgan fingerprint density at radius 3 is 2.76 bits per heavy atom. The fourth-order valence-electron chi connectivity index (χ4n) is 3.50. The second kappa shape index (κ2) is 12.2. The van der Waals surface area contributed by atoms with E-state index >= 15 is 0 Å². The molecule has 1 saturated heterocycles. The van der Waals surface area contributed by atoms with Crippen molar-refractivity contribution in [2.24, 2.45) is 0 Å². The molecule has 188 valence electrons. The number of nitrogens with zero attached hydrogens (tertiary/aromatic N) is 1. The summed E-state index contributed by atoms with van der Waals surface area (Å²) in [7, 11) is -4.03. The summed E-state index contributed by atoms with van der Waals surface area (Å²) in [6.45, 7) is 2.28. The lowest BCUT2D eigenvalue weighted by Gasteiger charge is -2.32. The Balaban J connectivity index is 1.68. The maximum absolute atomic E-state index is 12.9. The molecular weight excluding hydrogens is 509 g/mol. The lowest BCUT2D eigenvalue weighted by atomic mass is 10.00. The number of halogens is 2. The van der Waals surface area contributed by atoms with E-state index in [4.69, 9.17) is 37.5 Å². The van der Waals surface area contributed by atoms with Crippen LogP contribution in [0.15, 0.2) is 30.0 Å². The van der Waals surface area contributed by atoms with E-state index in [0.29, 0.717) is 23.6 Å². The molecule has 3 rings (SSSR count). The first-order chi connectivity index (χ1) is 16.2. The van der Waals surface area contributed by atoms with Crippen LogP contribution in [-0.2, 0) is 34.1 Å². The van der Waals surface area contributed by atoms with Gasteiger partial charge in [0.15, 0.2) is 6.29 Å². The highest BCUT2D eigenvalue weighted by molar-refractivity contribution is 7.87. The molecule has 0 spiro atoms. The Labute approximate surface area is 208 Å². The van der Waals surface area contributed by atoms with Crippen LogP contribution in [-0.4, -0.2) is 50.6 Å². The summed E-state index contributed by atoms with van der Waals surface area (Å²) in [5.74, 6) is -1.10. The van der Waals surface area contributed by atoms with Crippen LogP contribution in [0.4, 0.5) is 0 Å². The number of hydrogen-bond acceptors (Lipinski definition) is 7. The molecule has 0 aromatic heterocycles. The van der Waals surface area contributed by atoms with E-state index in [2.05, 4.69) is 10.2 Å². The molecule has 2 unspecified atom stereocenters. The lowest BCUT2D eigenvalue weighted by molar-refractivity contribution is -0.200.